The molecule has 0 heterocycles. The van der Waals surface area contributed by atoms with Gasteiger partial charge < -0.3 is 5.11 Å². The van der Waals surface area contributed by atoms with Crippen LogP contribution in [-0.4, -0.2) is 18.0 Å². The second-order valence-electron chi connectivity index (χ2n) is 4.27. The van der Waals surface area contributed by atoms with Crippen LogP contribution in [0.5, 0.6) is 0 Å². The van der Waals surface area contributed by atoms with Gasteiger partial charge in [-0.25, -0.2) is 0 Å². The molecule has 0 amide bonds. The highest BCUT2D eigenvalue weighted by Crippen LogP contribution is 2.43. The molecule has 1 unspecified atom stereocenters. The second-order valence-corrected chi connectivity index (χ2v) is 4.27. The van der Waals surface area contributed by atoms with Gasteiger partial charge in [0.2, 0.25) is 0 Å². The van der Waals surface area contributed by atoms with Crippen molar-refractivity contribution in [2.45, 2.75) is 12.8 Å². The molecule has 0 bridgehead atoms. The molecule has 18 heavy (non-hydrogen) atoms. The maximum Gasteiger partial charge on any atom is 0.150 e. The zero-order valence-corrected chi connectivity index (χ0v) is 10.4. The van der Waals surface area contributed by atoms with Crippen molar-refractivity contribution in [1.82, 2.24) is 0 Å². The van der Waals surface area contributed by atoms with Gasteiger partial charge in [-0.15, -0.1) is 0 Å². The third-order valence-corrected chi connectivity index (χ3v) is 3.30. The van der Waals surface area contributed by atoms with E-state index in [9.17, 15) is 9.90 Å². The molecule has 1 aliphatic carbocycles. The van der Waals surface area contributed by atoms with E-state index in [2.05, 4.69) is 6.58 Å². The van der Waals surface area contributed by atoms with Crippen LogP contribution >= 0.6 is 0 Å². The van der Waals surface area contributed by atoms with E-state index in [1.807, 2.05) is 31.2 Å². The maximum absolute atomic E-state index is 10.8. The lowest BCUT2D eigenvalue weighted by Gasteiger charge is -2.10. The maximum atomic E-state index is 10.8. The SMILES string of the molecule is C=CC1=C(/C=C\C)c2ccc(C=O)cc2C1CO. The summed E-state index contributed by atoms with van der Waals surface area (Å²) in [5, 5.41) is 9.57. The lowest BCUT2D eigenvalue weighted by Crippen LogP contribution is -2.03. The summed E-state index contributed by atoms with van der Waals surface area (Å²) >= 11 is 0. The summed E-state index contributed by atoms with van der Waals surface area (Å²) < 4.78 is 0. The first-order valence-corrected chi connectivity index (χ1v) is 5.96. The Morgan fingerprint density at radius 3 is 2.78 bits per heavy atom. The number of aldehydes is 1. The number of allylic oxidation sites excluding steroid dienone is 4. The quantitative estimate of drug-likeness (QED) is 0.821. The smallest absolute Gasteiger partial charge is 0.150 e. The third-order valence-electron chi connectivity index (χ3n) is 3.30. The minimum Gasteiger partial charge on any atom is -0.395 e. The lowest BCUT2D eigenvalue weighted by atomic mass is 9.95. The number of hydrogen-bond acceptors (Lipinski definition) is 2. The molecule has 0 saturated heterocycles. The van der Waals surface area contributed by atoms with Crippen LogP contribution in [-0.2, 0) is 0 Å². The van der Waals surface area contributed by atoms with Crippen LogP contribution in [0.25, 0.3) is 5.57 Å². The number of carbonyl (C=O) groups is 1. The van der Waals surface area contributed by atoms with E-state index < -0.39 is 0 Å². The van der Waals surface area contributed by atoms with Crippen molar-refractivity contribution in [1.29, 1.82) is 0 Å². The summed E-state index contributed by atoms with van der Waals surface area (Å²) in [5.41, 5.74) is 4.82. The first-order valence-electron chi connectivity index (χ1n) is 5.96. The van der Waals surface area contributed by atoms with Gasteiger partial charge in [0.1, 0.15) is 6.29 Å². The Kier molecular flexibility index (Phi) is 3.58. The van der Waals surface area contributed by atoms with E-state index >= 15 is 0 Å². The largest absolute Gasteiger partial charge is 0.395 e. The molecule has 2 rings (SSSR count). The van der Waals surface area contributed by atoms with Gasteiger partial charge in [-0.3, -0.25) is 4.79 Å². The average molecular weight is 240 g/mol. The summed E-state index contributed by atoms with van der Waals surface area (Å²) in [6.45, 7) is 5.81. The van der Waals surface area contributed by atoms with Crippen LogP contribution in [0.15, 0.2) is 48.6 Å². The van der Waals surface area contributed by atoms with E-state index in [-0.39, 0.29) is 12.5 Å². The van der Waals surface area contributed by atoms with Crippen LogP contribution in [0.1, 0.15) is 34.3 Å². The van der Waals surface area contributed by atoms with Crippen molar-refractivity contribution in [3.05, 3.63) is 65.3 Å². The van der Waals surface area contributed by atoms with E-state index in [0.717, 1.165) is 28.6 Å². The Bertz CT molecular complexity index is 550. The molecule has 1 aliphatic rings. The number of hydrogen-bond donors (Lipinski definition) is 1. The van der Waals surface area contributed by atoms with E-state index in [1.165, 1.54) is 0 Å². The highest BCUT2D eigenvalue weighted by Gasteiger charge is 2.27. The first-order chi connectivity index (χ1) is 8.76. The predicted octanol–water partition coefficient (Wildman–Crippen LogP) is 3.10. The van der Waals surface area contributed by atoms with Crippen molar-refractivity contribution in [3.63, 3.8) is 0 Å². The van der Waals surface area contributed by atoms with Crippen LogP contribution in [0.2, 0.25) is 0 Å². The van der Waals surface area contributed by atoms with Crippen molar-refractivity contribution in [2.75, 3.05) is 6.61 Å². The molecule has 0 spiro atoms. The molecule has 0 fully saturated rings. The number of aliphatic hydroxyl groups is 1. The molecular weight excluding hydrogens is 224 g/mol. The molecule has 2 heteroatoms. The first kappa shape index (κ1) is 12.5. The van der Waals surface area contributed by atoms with Crippen molar-refractivity contribution in [3.8, 4) is 0 Å². The molecule has 1 atom stereocenters. The van der Waals surface area contributed by atoms with Gasteiger partial charge in [0.25, 0.3) is 0 Å². The molecule has 92 valence electrons. The molecule has 0 aromatic heterocycles. The fourth-order valence-corrected chi connectivity index (χ4v) is 2.50. The van der Waals surface area contributed by atoms with Gasteiger partial charge in [-0.05, 0) is 35.3 Å². The summed E-state index contributed by atoms with van der Waals surface area (Å²) in [4.78, 5) is 10.8. The average Bonchev–Trinajstić information content (AvgIpc) is 2.71. The Morgan fingerprint density at radius 2 is 2.22 bits per heavy atom. The van der Waals surface area contributed by atoms with E-state index in [0.29, 0.717) is 5.56 Å². The lowest BCUT2D eigenvalue weighted by molar-refractivity contribution is 0.112. The molecule has 1 N–H and O–H groups in total. The standard InChI is InChI=1S/C16H16O2/c1-3-5-13-12(4-2)16(10-18)15-8-11(9-17)6-7-14(13)15/h3-9,16,18H,2,10H2,1H3/b5-3-. The van der Waals surface area contributed by atoms with Gasteiger partial charge >= 0.3 is 0 Å². The van der Waals surface area contributed by atoms with Gasteiger partial charge in [0, 0.05) is 11.5 Å². The summed E-state index contributed by atoms with van der Waals surface area (Å²) in [6, 6.07) is 5.59. The molecule has 1 aromatic rings. The van der Waals surface area contributed by atoms with Gasteiger partial charge in [-0.2, -0.15) is 0 Å². The molecule has 0 saturated carbocycles. The number of aliphatic hydroxyl groups excluding tert-OH is 1. The monoisotopic (exact) mass is 240 g/mol. The zero-order chi connectivity index (χ0) is 13.1. The van der Waals surface area contributed by atoms with Crippen LogP contribution < -0.4 is 0 Å². The highest BCUT2D eigenvalue weighted by molar-refractivity contribution is 5.88. The number of carbonyl (C=O) groups excluding carboxylic acids is 1. The third kappa shape index (κ3) is 1.85. The predicted molar refractivity (Wildman–Crippen MR) is 73.6 cm³/mol. The van der Waals surface area contributed by atoms with Gasteiger partial charge in [-0.1, -0.05) is 36.9 Å². The molecule has 2 nitrogen and oxygen atoms in total. The Hall–Kier alpha value is -1.93. The van der Waals surface area contributed by atoms with E-state index in [1.54, 1.807) is 12.1 Å². The van der Waals surface area contributed by atoms with Crippen molar-refractivity contribution in [2.24, 2.45) is 0 Å². The molecule has 1 aromatic carbocycles. The number of benzene rings is 1. The van der Waals surface area contributed by atoms with Gasteiger partial charge in [0.15, 0.2) is 0 Å². The Labute approximate surface area is 107 Å². The van der Waals surface area contributed by atoms with E-state index in [4.69, 9.17) is 0 Å². The zero-order valence-electron chi connectivity index (χ0n) is 10.4. The Balaban J connectivity index is 2.65. The van der Waals surface area contributed by atoms with Crippen molar-refractivity contribution < 1.29 is 9.90 Å². The normalized spacial score (nSPS) is 18.2. The summed E-state index contributed by atoms with van der Waals surface area (Å²) in [5.74, 6) is -0.0800. The molecule has 0 aliphatic heterocycles. The fraction of sp³-hybridized carbons (Fsp3) is 0.188. The van der Waals surface area contributed by atoms with Crippen LogP contribution in [0.4, 0.5) is 0 Å². The minimum atomic E-state index is -0.0800. The number of fused-ring (bicyclic) bond motifs is 1. The topological polar surface area (TPSA) is 37.3 Å². The van der Waals surface area contributed by atoms with Crippen LogP contribution in [0.3, 0.4) is 0 Å². The van der Waals surface area contributed by atoms with Gasteiger partial charge in [0.05, 0.1) is 6.61 Å². The summed E-state index contributed by atoms with van der Waals surface area (Å²) in [6.07, 6.45) is 6.61. The minimum absolute atomic E-state index is 0.0255. The highest BCUT2D eigenvalue weighted by atomic mass is 16.3. The second kappa shape index (κ2) is 5.15. The summed E-state index contributed by atoms with van der Waals surface area (Å²) in [7, 11) is 0. The fourth-order valence-electron chi connectivity index (χ4n) is 2.50. The molecule has 0 radical (unpaired) electrons. The molecular formula is C16H16O2. The van der Waals surface area contributed by atoms with Crippen molar-refractivity contribution >= 4 is 11.9 Å². The number of rotatable bonds is 4. The Morgan fingerprint density at radius 1 is 1.44 bits per heavy atom. The van der Waals surface area contributed by atoms with Crippen LogP contribution in [0, 0.1) is 0 Å².